The summed E-state index contributed by atoms with van der Waals surface area (Å²) in [6.45, 7) is 3.08. The molecule has 3 aliphatic rings. The molecule has 0 saturated carbocycles. The highest BCUT2D eigenvalue weighted by Crippen LogP contribution is 2.35. The molecule has 2 atom stereocenters. The summed E-state index contributed by atoms with van der Waals surface area (Å²) in [6.07, 6.45) is 2.78. The summed E-state index contributed by atoms with van der Waals surface area (Å²) in [4.78, 5) is 2.30. The van der Waals surface area contributed by atoms with Crippen molar-refractivity contribution in [1.29, 1.82) is 0 Å². The summed E-state index contributed by atoms with van der Waals surface area (Å²) in [5.41, 5.74) is 8.19. The van der Waals surface area contributed by atoms with Crippen LogP contribution in [0.4, 0.5) is 0 Å². The van der Waals surface area contributed by atoms with E-state index in [1.807, 2.05) is 0 Å². The number of sulfone groups is 1. The van der Waals surface area contributed by atoms with Gasteiger partial charge in [0, 0.05) is 19.6 Å². The second kappa shape index (κ2) is 5.47. The minimum Gasteiger partial charge on any atom is -0.330 e. The van der Waals surface area contributed by atoms with Crippen LogP contribution in [0.5, 0.6) is 0 Å². The topological polar surface area (TPSA) is 63.4 Å². The zero-order chi connectivity index (χ0) is 14.2. The Morgan fingerprint density at radius 3 is 2.40 bits per heavy atom. The van der Waals surface area contributed by atoms with Gasteiger partial charge in [0.2, 0.25) is 0 Å². The van der Waals surface area contributed by atoms with E-state index >= 15 is 0 Å². The number of rotatable bonds is 5. The summed E-state index contributed by atoms with van der Waals surface area (Å²) in [7, 11) is -2.75. The van der Waals surface area contributed by atoms with Crippen LogP contribution >= 0.6 is 0 Å². The Labute approximate surface area is 120 Å². The predicted octanol–water partition coefficient (Wildman–Crippen LogP) is 0.602. The van der Waals surface area contributed by atoms with Crippen molar-refractivity contribution >= 4 is 9.84 Å². The zero-order valence-corrected chi connectivity index (χ0v) is 12.5. The van der Waals surface area contributed by atoms with Gasteiger partial charge in [-0.05, 0) is 36.9 Å². The van der Waals surface area contributed by atoms with E-state index in [4.69, 9.17) is 5.73 Å². The number of fused-ring (bicyclic) bond motifs is 2. The van der Waals surface area contributed by atoms with E-state index in [9.17, 15) is 8.42 Å². The van der Waals surface area contributed by atoms with Crippen molar-refractivity contribution in [3.8, 4) is 0 Å². The summed E-state index contributed by atoms with van der Waals surface area (Å²) in [6, 6.07) is 8.55. The van der Waals surface area contributed by atoms with Gasteiger partial charge in [-0.2, -0.15) is 0 Å². The molecule has 4 rings (SSSR count). The minimum absolute atomic E-state index is 0.0928. The largest absolute Gasteiger partial charge is 0.330 e. The highest BCUT2D eigenvalue weighted by Gasteiger charge is 2.51. The molecule has 2 bridgehead atoms. The molecule has 3 aliphatic heterocycles. The van der Waals surface area contributed by atoms with Crippen molar-refractivity contribution in [2.75, 3.05) is 26.2 Å². The molecule has 0 spiro atoms. The van der Waals surface area contributed by atoms with Crippen LogP contribution < -0.4 is 5.73 Å². The van der Waals surface area contributed by atoms with E-state index in [1.165, 1.54) is 11.1 Å². The monoisotopic (exact) mass is 294 g/mol. The molecular formula is C15H22N2O2S. The molecule has 1 aromatic rings. The second-order valence-electron chi connectivity index (χ2n) is 5.94. The van der Waals surface area contributed by atoms with E-state index in [1.54, 1.807) is 0 Å². The van der Waals surface area contributed by atoms with Gasteiger partial charge in [0.1, 0.15) is 0 Å². The van der Waals surface area contributed by atoms with Crippen molar-refractivity contribution in [2.24, 2.45) is 5.73 Å². The maximum absolute atomic E-state index is 11.7. The van der Waals surface area contributed by atoms with Crippen molar-refractivity contribution in [2.45, 2.75) is 29.8 Å². The molecule has 1 aromatic carbocycles. The summed E-state index contributed by atoms with van der Waals surface area (Å²) >= 11 is 0. The van der Waals surface area contributed by atoms with Gasteiger partial charge in [-0.3, -0.25) is 0 Å². The Balaban J connectivity index is 1.54. The molecule has 5 heteroatoms. The average molecular weight is 294 g/mol. The fraction of sp³-hybridized carbons (Fsp3) is 0.600. The van der Waals surface area contributed by atoms with Crippen LogP contribution in [0.25, 0.3) is 0 Å². The third-order valence-electron chi connectivity index (χ3n) is 4.52. The van der Waals surface area contributed by atoms with E-state index in [0.29, 0.717) is 6.54 Å². The maximum atomic E-state index is 11.7. The number of nitrogens with two attached hydrogens (primary N) is 1. The van der Waals surface area contributed by atoms with Gasteiger partial charge in [0.15, 0.2) is 9.84 Å². The standard InChI is InChI=1S/C15H22N2O2S/c16-6-4-12-2-1-3-13(8-12)5-7-17-10-14-9-15(11-17)20(14,18)19/h1-3,8,14-15H,4-7,9-11,16H2. The first-order valence-electron chi connectivity index (χ1n) is 7.32. The molecule has 110 valence electrons. The fourth-order valence-electron chi connectivity index (χ4n) is 3.30. The van der Waals surface area contributed by atoms with Crippen LogP contribution in [0.15, 0.2) is 24.3 Å². The van der Waals surface area contributed by atoms with Gasteiger partial charge in [0.05, 0.1) is 10.5 Å². The molecule has 2 N–H and O–H groups in total. The first-order chi connectivity index (χ1) is 9.59. The van der Waals surface area contributed by atoms with Gasteiger partial charge >= 0.3 is 0 Å². The Kier molecular flexibility index (Phi) is 3.84. The lowest BCUT2D eigenvalue weighted by Crippen LogP contribution is -2.62. The third kappa shape index (κ3) is 2.62. The van der Waals surface area contributed by atoms with Crippen molar-refractivity contribution in [1.82, 2.24) is 4.90 Å². The maximum Gasteiger partial charge on any atom is 0.158 e. The van der Waals surface area contributed by atoms with Gasteiger partial charge in [-0.1, -0.05) is 24.3 Å². The molecule has 2 unspecified atom stereocenters. The summed E-state index contributed by atoms with van der Waals surface area (Å²) < 4.78 is 23.5. The second-order valence-corrected chi connectivity index (χ2v) is 8.45. The Bertz CT molecular complexity index is 567. The van der Waals surface area contributed by atoms with E-state index in [-0.39, 0.29) is 10.5 Å². The molecule has 0 amide bonds. The van der Waals surface area contributed by atoms with E-state index in [2.05, 4.69) is 29.2 Å². The number of nitrogens with zero attached hydrogens (tertiary/aromatic N) is 1. The van der Waals surface area contributed by atoms with E-state index in [0.717, 1.165) is 38.9 Å². The quantitative estimate of drug-likeness (QED) is 0.864. The van der Waals surface area contributed by atoms with Gasteiger partial charge in [-0.25, -0.2) is 8.42 Å². The number of piperidine rings is 1. The van der Waals surface area contributed by atoms with Crippen LogP contribution in [0.1, 0.15) is 17.5 Å². The summed E-state index contributed by atoms with van der Waals surface area (Å²) in [5.74, 6) is 0. The Hall–Kier alpha value is -0.910. The molecule has 0 aliphatic carbocycles. The van der Waals surface area contributed by atoms with E-state index < -0.39 is 9.84 Å². The smallest absolute Gasteiger partial charge is 0.158 e. The van der Waals surface area contributed by atoms with Crippen LogP contribution in [0.3, 0.4) is 0 Å². The van der Waals surface area contributed by atoms with Crippen molar-refractivity contribution in [3.63, 3.8) is 0 Å². The SMILES string of the molecule is NCCc1cccc(CCN2CC3CC(C2)S3(=O)=O)c1. The molecule has 20 heavy (non-hydrogen) atoms. The molecule has 0 aromatic heterocycles. The predicted molar refractivity (Wildman–Crippen MR) is 80.5 cm³/mol. The molecule has 3 heterocycles. The normalized spacial score (nSPS) is 28.1. The van der Waals surface area contributed by atoms with Crippen molar-refractivity contribution in [3.05, 3.63) is 35.4 Å². The minimum atomic E-state index is -2.75. The first-order valence-corrected chi connectivity index (χ1v) is 8.93. The molecule has 3 saturated heterocycles. The van der Waals surface area contributed by atoms with Crippen LogP contribution in [-0.4, -0.2) is 50.0 Å². The van der Waals surface area contributed by atoms with Crippen LogP contribution in [0.2, 0.25) is 0 Å². The van der Waals surface area contributed by atoms with Crippen molar-refractivity contribution < 1.29 is 8.42 Å². The lowest BCUT2D eigenvalue weighted by atomic mass is 10.0. The summed E-state index contributed by atoms with van der Waals surface area (Å²) in [5, 5.41) is -0.186. The number of hydrogen-bond acceptors (Lipinski definition) is 4. The lowest BCUT2D eigenvalue weighted by molar-refractivity contribution is 0.211. The Morgan fingerprint density at radius 2 is 1.80 bits per heavy atom. The first kappa shape index (κ1) is 14.0. The number of hydrogen-bond donors (Lipinski definition) is 1. The highest BCUT2D eigenvalue weighted by molar-refractivity contribution is 7.94. The van der Waals surface area contributed by atoms with Gasteiger partial charge < -0.3 is 10.6 Å². The van der Waals surface area contributed by atoms with Gasteiger partial charge in [0.25, 0.3) is 0 Å². The zero-order valence-electron chi connectivity index (χ0n) is 11.7. The molecular weight excluding hydrogens is 272 g/mol. The van der Waals surface area contributed by atoms with Crippen LogP contribution in [0, 0.1) is 0 Å². The highest BCUT2D eigenvalue weighted by atomic mass is 32.2. The molecule has 4 nitrogen and oxygen atoms in total. The Morgan fingerprint density at radius 1 is 1.15 bits per heavy atom. The molecule has 0 radical (unpaired) electrons. The third-order valence-corrected chi connectivity index (χ3v) is 7.06. The molecule has 3 fully saturated rings. The fourth-order valence-corrected chi connectivity index (χ4v) is 5.32. The van der Waals surface area contributed by atoms with Gasteiger partial charge in [-0.15, -0.1) is 0 Å². The average Bonchev–Trinajstić information content (AvgIpc) is 2.46. The van der Waals surface area contributed by atoms with Crippen LogP contribution in [-0.2, 0) is 22.7 Å². The number of benzene rings is 1. The lowest BCUT2D eigenvalue weighted by Gasteiger charge is -2.46.